The summed E-state index contributed by atoms with van der Waals surface area (Å²) in [5, 5.41) is 15.9. The standard InChI is InChI=1S/C33H23BrN4S/c34-26-22-20-24(21-23-26)31-29-18-10-11-19-30(29)33(37(35-31)27-14-6-2-7-15-27)38(28-16-8-3-9-17-28)36-32(39-33)25-12-4-1-5-13-25/h1-23H. The fraction of sp³-hybridized carbons (Fsp3) is 0.0303. The number of hydrazone groups is 2. The van der Waals surface area contributed by atoms with Gasteiger partial charge in [0.1, 0.15) is 5.04 Å². The third-order valence-electron chi connectivity index (χ3n) is 6.88. The third-order valence-corrected chi connectivity index (χ3v) is 8.77. The molecular weight excluding hydrogens is 564 g/mol. The van der Waals surface area contributed by atoms with Crippen molar-refractivity contribution in [3.05, 3.63) is 166 Å². The SMILES string of the molecule is Brc1ccc(C2=NN(c3ccccc3)C3(SC(c4ccccc4)=NN3c3ccccc3)c3ccccc32)cc1. The number of fused-ring (bicyclic) bond motifs is 2. The molecule has 0 aromatic heterocycles. The summed E-state index contributed by atoms with van der Waals surface area (Å²) in [6, 6.07) is 48.1. The highest BCUT2D eigenvalue weighted by atomic mass is 79.9. The summed E-state index contributed by atoms with van der Waals surface area (Å²) in [4.78, 5) is -0.788. The Morgan fingerprint density at radius 3 is 1.72 bits per heavy atom. The van der Waals surface area contributed by atoms with Crippen LogP contribution in [0.3, 0.4) is 0 Å². The van der Waals surface area contributed by atoms with Crippen LogP contribution >= 0.6 is 27.7 Å². The van der Waals surface area contributed by atoms with Gasteiger partial charge in [0.05, 0.1) is 17.1 Å². The lowest BCUT2D eigenvalue weighted by molar-refractivity contribution is 0.550. The van der Waals surface area contributed by atoms with Crippen molar-refractivity contribution in [2.24, 2.45) is 10.2 Å². The summed E-state index contributed by atoms with van der Waals surface area (Å²) in [6.45, 7) is 0. The van der Waals surface area contributed by atoms with Crippen LogP contribution in [0.1, 0.15) is 22.3 Å². The highest BCUT2D eigenvalue weighted by Gasteiger charge is 2.55. The number of para-hydroxylation sites is 2. The fourth-order valence-electron chi connectivity index (χ4n) is 5.09. The van der Waals surface area contributed by atoms with Crippen LogP contribution in [-0.4, -0.2) is 10.8 Å². The molecule has 2 aliphatic rings. The van der Waals surface area contributed by atoms with E-state index >= 15 is 0 Å². The van der Waals surface area contributed by atoms with Crippen LogP contribution in [-0.2, 0) is 4.99 Å². The van der Waals surface area contributed by atoms with Crippen molar-refractivity contribution in [1.82, 2.24) is 0 Å². The Bertz CT molecular complexity index is 1690. The molecule has 0 aliphatic carbocycles. The molecule has 1 spiro atoms. The van der Waals surface area contributed by atoms with Gasteiger partial charge in [0.25, 0.3) is 0 Å². The predicted molar refractivity (Wildman–Crippen MR) is 166 cm³/mol. The van der Waals surface area contributed by atoms with Gasteiger partial charge in [-0.2, -0.15) is 10.2 Å². The Hall–Kier alpha value is -4.13. The molecule has 2 aliphatic heterocycles. The summed E-state index contributed by atoms with van der Waals surface area (Å²) in [5.41, 5.74) is 7.26. The van der Waals surface area contributed by atoms with Crippen LogP contribution in [0.5, 0.6) is 0 Å². The molecule has 0 bridgehead atoms. The number of halogens is 1. The summed E-state index contributed by atoms with van der Waals surface area (Å²) in [5.74, 6) is 0. The minimum atomic E-state index is -0.788. The molecule has 4 nitrogen and oxygen atoms in total. The van der Waals surface area contributed by atoms with Crippen molar-refractivity contribution in [1.29, 1.82) is 0 Å². The van der Waals surface area contributed by atoms with E-state index in [0.717, 1.165) is 48.9 Å². The number of benzene rings is 5. The highest BCUT2D eigenvalue weighted by molar-refractivity contribution is 9.10. The summed E-state index contributed by atoms with van der Waals surface area (Å²) in [6.07, 6.45) is 0. The van der Waals surface area contributed by atoms with Crippen LogP contribution in [0.25, 0.3) is 0 Å². The zero-order valence-corrected chi connectivity index (χ0v) is 23.3. The largest absolute Gasteiger partial charge is 0.234 e. The van der Waals surface area contributed by atoms with Gasteiger partial charge in [-0.05, 0) is 48.2 Å². The van der Waals surface area contributed by atoms with E-state index in [1.54, 1.807) is 11.8 Å². The normalized spacial score (nSPS) is 18.1. The Morgan fingerprint density at radius 1 is 0.538 bits per heavy atom. The maximum atomic E-state index is 5.43. The van der Waals surface area contributed by atoms with Crippen molar-refractivity contribution in [3.8, 4) is 0 Å². The van der Waals surface area contributed by atoms with Crippen LogP contribution in [0, 0.1) is 0 Å². The third kappa shape index (κ3) is 4.08. The molecule has 1 atom stereocenters. The maximum absolute atomic E-state index is 5.43. The molecule has 7 rings (SSSR count). The minimum Gasteiger partial charge on any atom is -0.223 e. The van der Waals surface area contributed by atoms with E-state index in [1.165, 1.54) is 0 Å². The quantitative estimate of drug-likeness (QED) is 0.212. The zero-order chi connectivity index (χ0) is 26.2. The first-order valence-electron chi connectivity index (χ1n) is 12.7. The Kier molecular flexibility index (Phi) is 6.06. The first-order valence-corrected chi connectivity index (χ1v) is 14.3. The monoisotopic (exact) mass is 586 g/mol. The zero-order valence-electron chi connectivity index (χ0n) is 20.9. The molecular formula is C33H23BrN4S. The molecule has 5 aromatic rings. The lowest BCUT2D eigenvalue weighted by atomic mass is 9.93. The molecule has 188 valence electrons. The molecule has 0 saturated carbocycles. The smallest absolute Gasteiger partial charge is 0.223 e. The van der Waals surface area contributed by atoms with Crippen molar-refractivity contribution < 1.29 is 0 Å². The average Bonchev–Trinajstić information content (AvgIpc) is 3.40. The van der Waals surface area contributed by atoms with Crippen molar-refractivity contribution >= 4 is 49.8 Å². The second kappa shape index (κ2) is 9.88. The lowest BCUT2D eigenvalue weighted by Gasteiger charge is -2.47. The molecule has 2 heterocycles. The number of anilines is 2. The van der Waals surface area contributed by atoms with Crippen molar-refractivity contribution in [2.75, 3.05) is 10.0 Å². The lowest BCUT2D eigenvalue weighted by Crippen LogP contribution is -2.54. The first kappa shape index (κ1) is 23.9. The van der Waals surface area contributed by atoms with Gasteiger partial charge < -0.3 is 0 Å². The first-order chi connectivity index (χ1) is 19.2. The van der Waals surface area contributed by atoms with E-state index < -0.39 is 4.99 Å². The molecule has 39 heavy (non-hydrogen) atoms. The molecule has 0 N–H and O–H groups in total. The number of thioether (sulfide) groups is 1. The second-order valence-electron chi connectivity index (χ2n) is 9.28. The Labute approximate surface area is 240 Å². The van der Waals surface area contributed by atoms with E-state index in [9.17, 15) is 0 Å². The number of hydrogen-bond acceptors (Lipinski definition) is 5. The molecule has 0 amide bonds. The number of nitrogens with zero attached hydrogens (tertiary/aromatic N) is 4. The maximum Gasteiger partial charge on any atom is 0.234 e. The van der Waals surface area contributed by atoms with E-state index in [-0.39, 0.29) is 0 Å². The molecule has 0 radical (unpaired) electrons. The number of hydrogen-bond donors (Lipinski definition) is 0. The van der Waals surface area contributed by atoms with Gasteiger partial charge in [0.15, 0.2) is 0 Å². The van der Waals surface area contributed by atoms with Crippen LogP contribution in [0.15, 0.2) is 154 Å². The van der Waals surface area contributed by atoms with Gasteiger partial charge in [-0.3, -0.25) is 0 Å². The van der Waals surface area contributed by atoms with E-state index in [1.807, 2.05) is 18.2 Å². The fourth-order valence-corrected chi connectivity index (χ4v) is 6.75. The molecule has 0 fully saturated rings. The second-order valence-corrected chi connectivity index (χ2v) is 11.4. The van der Waals surface area contributed by atoms with Gasteiger partial charge >= 0.3 is 0 Å². The topological polar surface area (TPSA) is 31.2 Å². The summed E-state index contributed by atoms with van der Waals surface area (Å²) >= 11 is 5.31. The van der Waals surface area contributed by atoms with Crippen LogP contribution in [0.2, 0.25) is 0 Å². The van der Waals surface area contributed by atoms with E-state index in [2.05, 4.69) is 147 Å². The summed E-state index contributed by atoms with van der Waals surface area (Å²) < 4.78 is 1.04. The molecule has 1 unspecified atom stereocenters. The predicted octanol–water partition coefficient (Wildman–Crippen LogP) is 8.45. The van der Waals surface area contributed by atoms with Crippen molar-refractivity contribution in [3.63, 3.8) is 0 Å². The van der Waals surface area contributed by atoms with E-state index in [4.69, 9.17) is 10.2 Å². The molecule has 6 heteroatoms. The van der Waals surface area contributed by atoms with Gasteiger partial charge in [-0.15, -0.1) is 0 Å². The molecule has 5 aromatic carbocycles. The summed E-state index contributed by atoms with van der Waals surface area (Å²) in [7, 11) is 0. The van der Waals surface area contributed by atoms with Crippen LogP contribution < -0.4 is 10.0 Å². The average molecular weight is 588 g/mol. The van der Waals surface area contributed by atoms with Crippen LogP contribution in [0.4, 0.5) is 11.4 Å². The highest BCUT2D eigenvalue weighted by Crippen LogP contribution is 2.55. The van der Waals surface area contributed by atoms with Gasteiger partial charge in [-0.25, -0.2) is 10.0 Å². The Balaban J connectivity index is 1.52. The number of rotatable bonds is 4. The van der Waals surface area contributed by atoms with Gasteiger partial charge in [0, 0.05) is 26.7 Å². The molecule has 0 saturated heterocycles. The van der Waals surface area contributed by atoms with Crippen molar-refractivity contribution in [2.45, 2.75) is 4.99 Å². The van der Waals surface area contributed by atoms with E-state index in [0.29, 0.717) is 0 Å². The minimum absolute atomic E-state index is 0.788. The van der Waals surface area contributed by atoms with Gasteiger partial charge in [-0.1, -0.05) is 119 Å². The Morgan fingerprint density at radius 2 is 1.08 bits per heavy atom. The van der Waals surface area contributed by atoms with Gasteiger partial charge in [0.2, 0.25) is 4.99 Å².